The Labute approximate surface area is 214 Å². The molecule has 5 heterocycles. The van der Waals surface area contributed by atoms with Gasteiger partial charge in [0.1, 0.15) is 17.2 Å². The Bertz CT molecular complexity index is 1590. The summed E-state index contributed by atoms with van der Waals surface area (Å²) in [4.78, 5) is 14.0. The van der Waals surface area contributed by atoms with E-state index in [0.29, 0.717) is 45.8 Å². The average Bonchev–Trinajstić information content (AvgIpc) is 3.65. The maximum Gasteiger partial charge on any atom is 0.181 e. The molecule has 2 bridgehead atoms. The normalized spacial score (nSPS) is 23.2. The summed E-state index contributed by atoms with van der Waals surface area (Å²) in [6.45, 7) is 2.42. The molecule has 3 fully saturated rings. The Kier molecular flexibility index (Phi) is 5.23. The summed E-state index contributed by atoms with van der Waals surface area (Å²) >= 11 is 0. The number of pyridine rings is 1. The van der Waals surface area contributed by atoms with Crippen LogP contribution in [0.2, 0.25) is 0 Å². The summed E-state index contributed by atoms with van der Waals surface area (Å²) in [6, 6.07) is 11.4. The van der Waals surface area contributed by atoms with Crippen LogP contribution < -0.4 is 0 Å². The molecular formula is C29H29FN6O. The minimum Gasteiger partial charge on any atom is -0.453 e. The van der Waals surface area contributed by atoms with Gasteiger partial charge in [-0.15, -0.1) is 0 Å². The fourth-order valence-corrected chi connectivity index (χ4v) is 6.69. The monoisotopic (exact) mass is 496 g/mol. The molecule has 3 saturated carbocycles. The molecule has 3 aliphatic carbocycles. The summed E-state index contributed by atoms with van der Waals surface area (Å²) in [5.74, 6) is 4.38. The number of aromatic amines is 1. The quantitative estimate of drug-likeness (QED) is 0.303. The average molecular weight is 497 g/mol. The lowest BCUT2D eigenvalue weighted by molar-refractivity contribution is 0.0339. The number of hydrogen-bond donors (Lipinski definition) is 1. The van der Waals surface area contributed by atoms with Crippen LogP contribution in [-0.2, 0) is 13.5 Å². The van der Waals surface area contributed by atoms with E-state index in [2.05, 4.69) is 28.2 Å². The third kappa shape index (κ3) is 3.86. The van der Waals surface area contributed by atoms with Crippen molar-refractivity contribution in [2.45, 2.75) is 39.0 Å². The van der Waals surface area contributed by atoms with Gasteiger partial charge < -0.3 is 8.98 Å². The van der Waals surface area contributed by atoms with Crippen LogP contribution in [0.15, 0.2) is 53.2 Å². The zero-order chi connectivity index (χ0) is 25.1. The highest BCUT2D eigenvalue weighted by Crippen LogP contribution is 2.49. The summed E-state index contributed by atoms with van der Waals surface area (Å²) in [5, 5.41) is 7.83. The van der Waals surface area contributed by atoms with Crippen molar-refractivity contribution in [3.05, 3.63) is 60.3 Å². The molecule has 0 spiro atoms. The molecule has 3 aliphatic rings. The Morgan fingerprint density at radius 2 is 1.86 bits per heavy atom. The lowest BCUT2D eigenvalue weighted by Crippen LogP contribution is -2.39. The van der Waals surface area contributed by atoms with Gasteiger partial charge in [-0.1, -0.05) is 6.92 Å². The van der Waals surface area contributed by atoms with E-state index in [0.717, 1.165) is 35.4 Å². The number of nitrogens with zero attached hydrogens (tertiary/aromatic N) is 5. The zero-order valence-corrected chi connectivity index (χ0v) is 21.0. The van der Waals surface area contributed by atoms with Crippen molar-refractivity contribution in [2.24, 2.45) is 30.7 Å². The number of furan rings is 1. The van der Waals surface area contributed by atoms with Crippen molar-refractivity contribution in [3.8, 4) is 34.4 Å². The smallest absolute Gasteiger partial charge is 0.181 e. The number of hydrogen-bond acceptors (Lipinski definition) is 5. The van der Waals surface area contributed by atoms with Crippen LogP contribution in [0.1, 0.15) is 38.3 Å². The molecule has 188 valence electrons. The second kappa shape index (κ2) is 8.64. The fourth-order valence-electron chi connectivity index (χ4n) is 6.69. The van der Waals surface area contributed by atoms with Gasteiger partial charge in [-0.25, -0.2) is 19.3 Å². The van der Waals surface area contributed by atoms with Gasteiger partial charge in [0.15, 0.2) is 23.0 Å². The lowest BCUT2D eigenvalue weighted by atomic mass is 9.58. The molecule has 0 radical (unpaired) electrons. The van der Waals surface area contributed by atoms with Gasteiger partial charge in [-0.2, -0.15) is 5.10 Å². The van der Waals surface area contributed by atoms with Crippen molar-refractivity contribution in [3.63, 3.8) is 0 Å². The molecule has 0 aliphatic heterocycles. The molecule has 1 N–H and O–H groups in total. The Hall–Kier alpha value is -3.81. The van der Waals surface area contributed by atoms with E-state index in [4.69, 9.17) is 14.4 Å². The van der Waals surface area contributed by atoms with Crippen LogP contribution in [-0.4, -0.2) is 29.7 Å². The first-order valence-corrected chi connectivity index (χ1v) is 13.1. The van der Waals surface area contributed by atoms with Gasteiger partial charge in [0.05, 0.1) is 17.3 Å². The first-order valence-electron chi connectivity index (χ1n) is 13.1. The number of halogens is 1. The van der Waals surface area contributed by atoms with Gasteiger partial charge in [0.2, 0.25) is 0 Å². The van der Waals surface area contributed by atoms with E-state index < -0.39 is 5.82 Å². The molecule has 2 unspecified atom stereocenters. The largest absolute Gasteiger partial charge is 0.453 e. The fraction of sp³-hybridized carbons (Fsp3) is 0.379. The van der Waals surface area contributed by atoms with E-state index >= 15 is 0 Å². The van der Waals surface area contributed by atoms with E-state index in [1.165, 1.54) is 37.9 Å². The van der Waals surface area contributed by atoms with Crippen molar-refractivity contribution in [2.75, 3.05) is 0 Å². The van der Waals surface area contributed by atoms with Crippen LogP contribution in [0.25, 0.3) is 45.5 Å². The number of nitrogens with one attached hydrogen (secondary N) is 1. The molecule has 2 atom stereocenters. The summed E-state index contributed by atoms with van der Waals surface area (Å²) in [7, 11) is 1.99. The molecule has 5 aromatic heterocycles. The Morgan fingerprint density at radius 1 is 1.05 bits per heavy atom. The molecule has 0 saturated heterocycles. The van der Waals surface area contributed by atoms with Crippen molar-refractivity contribution in [1.82, 2.24) is 29.7 Å². The van der Waals surface area contributed by atoms with Crippen LogP contribution >= 0.6 is 0 Å². The number of rotatable bonds is 5. The predicted octanol–water partition coefficient (Wildman–Crippen LogP) is 6.43. The maximum atomic E-state index is 14.1. The van der Waals surface area contributed by atoms with Crippen LogP contribution in [0.5, 0.6) is 0 Å². The van der Waals surface area contributed by atoms with Crippen molar-refractivity contribution >= 4 is 11.0 Å². The first kappa shape index (κ1) is 22.4. The minimum absolute atomic E-state index is 0.420. The molecule has 37 heavy (non-hydrogen) atoms. The molecule has 8 rings (SSSR count). The highest BCUT2D eigenvalue weighted by atomic mass is 19.1. The molecule has 0 amide bonds. The number of fused-ring (bicyclic) bond motifs is 4. The molecular weight excluding hydrogens is 467 g/mol. The van der Waals surface area contributed by atoms with E-state index in [1.807, 2.05) is 42.1 Å². The van der Waals surface area contributed by atoms with E-state index in [1.54, 1.807) is 0 Å². The summed E-state index contributed by atoms with van der Waals surface area (Å²) in [5.41, 5.74) is 3.69. The highest BCUT2D eigenvalue weighted by molar-refractivity contribution is 5.88. The van der Waals surface area contributed by atoms with Gasteiger partial charge >= 0.3 is 0 Å². The third-order valence-corrected chi connectivity index (χ3v) is 8.72. The van der Waals surface area contributed by atoms with Gasteiger partial charge in [-0.3, -0.25) is 5.10 Å². The second-order valence-corrected chi connectivity index (χ2v) is 10.8. The van der Waals surface area contributed by atoms with E-state index in [-0.39, 0.29) is 0 Å². The van der Waals surface area contributed by atoms with Crippen molar-refractivity contribution in [1.29, 1.82) is 0 Å². The lowest BCUT2D eigenvalue weighted by Gasteiger charge is -2.47. The highest BCUT2D eigenvalue weighted by Gasteiger charge is 2.41. The number of aryl methyl sites for hydroxylation is 1. The van der Waals surface area contributed by atoms with Crippen LogP contribution in [0, 0.1) is 29.5 Å². The SMILES string of the molecule is CC1C2CCC(CC2)C1Cc1cc(-c2ccc(-c3cccn3C)o2)nc(-c2[nH]nc3ncc(F)cc23)n1. The topological polar surface area (TPSA) is 85.4 Å². The van der Waals surface area contributed by atoms with Crippen molar-refractivity contribution < 1.29 is 8.81 Å². The summed E-state index contributed by atoms with van der Waals surface area (Å²) < 4.78 is 22.4. The standard InChI is InChI=1S/C29H29FN6O/c1-16-17-5-7-18(8-6-17)21(16)13-20-14-23(25-9-10-26(37-25)24-4-3-11-36(24)2)33-29(32-20)27-22-12-19(30)15-31-28(22)35-34-27/h3-4,9-12,14-18,21H,5-8,13H2,1-2H3,(H,31,34,35). The second-order valence-electron chi connectivity index (χ2n) is 10.8. The Morgan fingerprint density at radius 3 is 2.65 bits per heavy atom. The maximum absolute atomic E-state index is 14.1. The summed E-state index contributed by atoms with van der Waals surface area (Å²) in [6.07, 6.45) is 9.41. The molecule has 5 aromatic rings. The van der Waals surface area contributed by atoms with Crippen LogP contribution in [0.4, 0.5) is 4.39 Å². The van der Waals surface area contributed by atoms with Gasteiger partial charge in [0.25, 0.3) is 0 Å². The Balaban J connectivity index is 1.33. The van der Waals surface area contributed by atoms with Gasteiger partial charge in [0, 0.05) is 18.9 Å². The van der Waals surface area contributed by atoms with Gasteiger partial charge in [-0.05, 0) is 92.2 Å². The molecule has 0 aromatic carbocycles. The van der Waals surface area contributed by atoms with E-state index in [9.17, 15) is 4.39 Å². The third-order valence-electron chi connectivity index (χ3n) is 8.72. The molecule has 7 nitrogen and oxygen atoms in total. The first-order chi connectivity index (χ1) is 18.0. The number of aromatic nitrogens is 6. The van der Waals surface area contributed by atoms with Crippen LogP contribution in [0.3, 0.4) is 0 Å². The number of H-pyrrole nitrogens is 1. The predicted molar refractivity (Wildman–Crippen MR) is 139 cm³/mol. The molecule has 8 heteroatoms. The zero-order valence-electron chi connectivity index (χ0n) is 21.0. The minimum atomic E-state index is -0.420.